The van der Waals surface area contributed by atoms with E-state index in [-0.39, 0.29) is 23.6 Å². The maximum Gasteiger partial charge on any atom is 0.267 e. The Balaban J connectivity index is 1.29. The van der Waals surface area contributed by atoms with Crippen molar-refractivity contribution < 1.29 is 17.6 Å². The summed E-state index contributed by atoms with van der Waals surface area (Å²) >= 11 is 12.4. The van der Waals surface area contributed by atoms with Gasteiger partial charge in [-0.3, -0.25) is 14.6 Å². The molecule has 1 saturated heterocycles. The van der Waals surface area contributed by atoms with Crippen molar-refractivity contribution in [2.24, 2.45) is 0 Å². The van der Waals surface area contributed by atoms with Crippen LogP contribution in [0.4, 0.5) is 4.39 Å². The van der Waals surface area contributed by atoms with Crippen molar-refractivity contribution in [2.75, 3.05) is 19.6 Å². The monoisotopic (exact) mass is 567 g/mol. The number of rotatable bonds is 8. The summed E-state index contributed by atoms with van der Waals surface area (Å²) in [5.41, 5.74) is 2.71. The van der Waals surface area contributed by atoms with Crippen LogP contribution in [0.2, 0.25) is 10.0 Å². The minimum absolute atomic E-state index is 0.150. The number of hydrogen-bond acceptors (Lipinski definition) is 5. The van der Waals surface area contributed by atoms with E-state index in [1.165, 1.54) is 6.07 Å². The molecule has 2 aromatic rings. The number of benzene rings is 2. The molecule has 1 N–H and O–H groups in total. The van der Waals surface area contributed by atoms with Crippen molar-refractivity contribution in [1.82, 2.24) is 14.5 Å². The molecule has 1 aliphatic heterocycles. The molecule has 0 aromatic heterocycles. The van der Waals surface area contributed by atoms with E-state index in [9.17, 15) is 13.2 Å². The summed E-state index contributed by atoms with van der Waals surface area (Å²) in [5, 5.41) is 0.705. The molecule has 2 aliphatic carbocycles. The SMILES string of the molecule is CC1CN(Cc2cc(F)c(C(=O)NS(=O)(=O)C3CC3)cc2C2CC2)CCN1[C@@H](C)c1cc(Cl)cc(Cl)c1. The Morgan fingerprint density at radius 1 is 1.08 bits per heavy atom. The lowest BCUT2D eigenvalue weighted by Gasteiger charge is -2.43. The number of carbonyl (C=O) groups is 1. The topological polar surface area (TPSA) is 69.7 Å². The van der Waals surface area contributed by atoms with Crippen LogP contribution >= 0.6 is 23.2 Å². The molecule has 1 unspecified atom stereocenters. The summed E-state index contributed by atoms with van der Waals surface area (Å²) in [4.78, 5) is 17.4. The van der Waals surface area contributed by atoms with Gasteiger partial charge in [-0.2, -0.15) is 0 Å². The molecule has 37 heavy (non-hydrogen) atoms. The molecule has 1 heterocycles. The number of sulfonamides is 1. The quantitative estimate of drug-likeness (QED) is 0.456. The van der Waals surface area contributed by atoms with Crippen LogP contribution in [0.5, 0.6) is 0 Å². The zero-order valence-corrected chi connectivity index (χ0v) is 23.3. The Morgan fingerprint density at radius 3 is 2.35 bits per heavy atom. The van der Waals surface area contributed by atoms with E-state index in [1.54, 1.807) is 12.1 Å². The van der Waals surface area contributed by atoms with Gasteiger partial charge in [0.25, 0.3) is 5.91 Å². The van der Waals surface area contributed by atoms with E-state index < -0.39 is 27.0 Å². The van der Waals surface area contributed by atoms with E-state index in [0.717, 1.165) is 49.2 Å². The molecule has 0 bridgehead atoms. The van der Waals surface area contributed by atoms with E-state index >= 15 is 4.39 Å². The summed E-state index contributed by atoms with van der Waals surface area (Å²) in [7, 11) is -3.74. The highest BCUT2D eigenvalue weighted by molar-refractivity contribution is 7.91. The second-order valence-electron chi connectivity index (χ2n) is 10.7. The predicted molar refractivity (Wildman–Crippen MR) is 144 cm³/mol. The molecule has 2 saturated carbocycles. The average molecular weight is 569 g/mol. The number of hydrogen-bond donors (Lipinski definition) is 1. The van der Waals surface area contributed by atoms with Crippen molar-refractivity contribution in [3.05, 3.63) is 68.4 Å². The molecule has 200 valence electrons. The van der Waals surface area contributed by atoms with Gasteiger partial charge >= 0.3 is 0 Å². The molecule has 1 amide bonds. The average Bonchev–Trinajstić information content (AvgIpc) is 3.71. The molecule has 10 heteroatoms. The first kappa shape index (κ1) is 26.9. The number of carbonyl (C=O) groups excluding carboxylic acids is 1. The lowest BCUT2D eigenvalue weighted by molar-refractivity contribution is 0.0503. The van der Waals surface area contributed by atoms with Gasteiger partial charge in [0.2, 0.25) is 10.0 Å². The van der Waals surface area contributed by atoms with E-state index in [2.05, 4.69) is 28.4 Å². The normalized spacial score (nSPS) is 22.1. The van der Waals surface area contributed by atoms with E-state index in [4.69, 9.17) is 23.2 Å². The fourth-order valence-corrected chi connectivity index (χ4v) is 7.21. The summed E-state index contributed by atoms with van der Waals surface area (Å²) in [6.07, 6.45) is 3.05. The molecule has 2 aromatic carbocycles. The zero-order chi connectivity index (χ0) is 26.5. The Labute approximate surface area is 228 Å². The molecular weight excluding hydrogens is 536 g/mol. The van der Waals surface area contributed by atoms with Gasteiger partial charge in [0, 0.05) is 48.3 Å². The first-order valence-electron chi connectivity index (χ1n) is 12.8. The summed E-state index contributed by atoms with van der Waals surface area (Å²) in [6.45, 7) is 7.39. The van der Waals surface area contributed by atoms with Gasteiger partial charge in [-0.1, -0.05) is 23.2 Å². The third-order valence-corrected chi connectivity index (χ3v) is 9.97. The van der Waals surface area contributed by atoms with Crippen LogP contribution < -0.4 is 4.72 Å². The third-order valence-electron chi connectivity index (χ3n) is 7.71. The van der Waals surface area contributed by atoms with Crippen LogP contribution in [-0.2, 0) is 16.6 Å². The second kappa shape index (κ2) is 10.5. The minimum atomic E-state index is -3.74. The molecule has 3 aliphatic rings. The molecular formula is C27H32Cl2FN3O3S. The highest BCUT2D eigenvalue weighted by Crippen LogP contribution is 2.43. The van der Waals surface area contributed by atoms with Crippen molar-refractivity contribution >= 4 is 39.1 Å². The van der Waals surface area contributed by atoms with Gasteiger partial charge in [-0.15, -0.1) is 0 Å². The van der Waals surface area contributed by atoms with Crippen LogP contribution in [0, 0.1) is 5.82 Å². The maximum atomic E-state index is 15.1. The molecule has 3 fully saturated rings. The predicted octanol–water partition coefficient (Wildman–Crippen LogP) is 5.50. The van der Waals surface area contributed by atoms with Crippen LogP contribution in [0.3, 0.4) is 0 Å². The van der Waals surface area contributed by atoms with Gasteiger partial charge in [-0.25, -0.2) is 17.5 Å². The van der Waals surface area contributed by atoms with Crippen LogP contribution in [0.25, 0.3) is 0 Å². The largest absolute Gasteiger partial charge is 0.296 e. The number of nitrogens with one attached hydrogen (secondary N) is 1. The number of amides is 1. The van der Waals surface area contributed by atoms with E-state index in [0.29, 0.717) is 29.4 Å². The van der Waals surface area contributed by atoms with Crippen molar-refractivity contribution in [3.63, 3.8) is 0 Å². The van der Waals surface area contributed by atoms with Crippen LogP contribution in [0.15, 0.2) is 30.3 Å². The summed E-state index contributed by atoms with van der Waals surface area (Å²) in [6, 6.07) is 9.05. The van der Waals surface area contributed by atoms with Crippen molar-refractivity contribution in [2.45, 2.75) is 69.3 Å². The smallest absolute Gasteiger partial charge is 0.267 e. The second-order valence-corrected chi connectivity index (χ2v) is 13.5. The van der Waals surface area contributed by atoms with Gasteiger partial charge in [0.05, 0.1) is 10.8 Å². The first-order valence-corrected chi connectivity index (χ1v) is 15.1. The molecule has 0 spiro atoms. The van der Waals surface area contributed by atoms with Crippen LogP contribution in [0.1, 0.15) is 78.5 Å². The lowest BCUT2D eigenvalue weighted by Crippen LogP contribution is -2.52. The number of piperazine rings is 1. The standard InChI is InChI=1S/C27H32Cl2FN3O3S/c1-16-14-32(7-8-33(16)17(2)19-9-21(28)12-22(29)10-19)15-20-11-26(30)25(13-24(20)18-3-4-18)27(34)31-37(35,36)23-5-6-23/h9-13,16-18,23H,3-8,14-15H2,1-2H3,(H,31,34)/t16?,17-/m0/s1. The third kappa shape index (κ3) is 6.14. The van der Waals surface area contributed by atoms with Gasteiger partial charge in [-0.05, 0) is 92.5 Å². The Hall–Kier alpha value is -1.71. The van der Waals surface area contributed by atoms with Gasteiger partial charge in [0.1, 0.15) is 5.82 Å². The lowest BCUT2D eigenvalue weighted by atomic mass is 9.97. The van der Waals surface area contributed by atoms with E-state index in [1.807, 2.05) is 12.1 Å². The Morgan fingerprint density at radius 2 is 1.76 bits per heavy atom. The summed E-state index contributed by atoms with van der Waals surface area (Å²) < 4.78 is 41.6. The number of nitrogens with zero attached hydrogens (tertiary/aromatic N) is 2. The highest BCUT2D eigenvalue weighted by Gasteiger charge is 2.38. The highest BCUT2D eigenvalue weighted by atomic mass is 35.5. The first-order chi connectivity index (χ1) is 17.5. The fraction of sp³-hybridized carbons (Fsp3) is 0.519. The zero-order valence-electron chi connectivity index (χ0n) is 21.0. The Bertz CT molecular complexity index is 1290. The number of halogens is 3. The molecule has 6 nitrogen and oxygen atoms in total. The van der Waals surface area contributed by atoms with Crippen molar-refractivity contribution in [3.8, 4) is 0 Å². The Kier molecular flexibility index (Phi) is 7.59. The van der Waals surface area contributed by atoms with Crippen LogP contribution in [-0.4, -0.2) is 55.1 Å². The molecule has 0 radical (unpaired) electrons. The van der Waals surface area contributed by atoms with Gasteiger partial charge in [0.15, 0.2) is 0 Å². The fourth-order valence-electron chi connectivity index (χ4n) is 5.38. The summed E-state index contributed by atoms with van der Waals surface area (Å²) in [5.74, 6) is -1.27. The minimum Gasteiger partial charge on any atom is -0.296 e. The van der Waals surface area contributed by atoms with Crippen molar-refractivity contribution in [1.29, 1.82) is 0 Å². The maximum absolute atomic E-state index is 15.1. The molecule has 5 rings (SSSR count). The molecule has 2 atom stereocenters. The van der Waals surface area contributed by atoms with Gasteiger partial charge < -0.3 is 0 Å².